The van der Waals surface area contributed by atoms with Crippen molar-refractivity contribution in [3.63, 3.8) is 0 Å². The van der Waals surface area contributed by atoms with E-state index in [0.717, 1.165) is 39.2 Å². The van der Waals surface area contributed by atoms with Crippen molar-refractivity contribution in [1.82, 2.24) is 5.32 Å². The fourth-order valence-corrected chi connectivity index (χ4v) is 3.67. The molecular weight excluding hydrogens is 400 g/mol. The molecule has 0 saturated carbocycles. The summed E-state index contributed by atoms with van der Waals surface area (Å²) in [6.45, 7) is 4.39. The van der Waals surface area contributed by atoms with Crippen molar-refractivity contribution in [2.45, 2.75) is 38.9 Å². The zero-order valence-corrected chi connectivity index (χ0v) is 16.7. The van der Waals surface area contributed by atoms with Gasteiger partial charge in [-0.2, -0.15) is 0 Å². The van der Waals surface area contributed by atoms with Crippen molar-refractivity contribution >= 4 is 33.2 Å². The molecule has 0 spiro atoms. The van der Waals surface area contributed by atoms with Gasteiger partial charge < -0.3 is 5.11 Å². The van der Waals surface area contributed by atoms with Crippen LogP contribution in [0.1, 0.15) is 43.9 Å². The molecule has 2 aromatic rings. The molecule has 0 saturated heterocycles. The molecule has 2 aromatic carbocycles. The van der Waals surface area contributed by atoms with E-state index in [-0.39, 0.29) is 12.2 Å². The van der Waals surface area contributed by atoms with Crippen molar-refractivity contribution in [1.29, 1.82) is 0 Å². The Hall–Kier alpha value is -1.36. The average molecular weight is 422 g/mol. The maximum atomic E-state index is 10.3. The SMILES string of the molecule is CC(C)C[C@H]1N=C(c2ccc(Cl)cc2)C[C@@H](c2cc(Br)ccc2O)N1. The van der Waals surface area contributed by atoms with Crippen LogP contribution in [0.5, 0.6) is 5.75 Å². The molecule has 3 rings (SSSR count). The normalized spacial score (nSPS) is 20.6. The van der Waals surface area contributed by atoms with E-state index in [9.17, 15) is 5.11 Å². The molecule has 5 heteroatoms. The third-order valence-corrected chi connectivity index (χ3v) is 5.09. The van der Waals surface area contributed by atoms with Crippen LogP contribution >= 0.6 is 27.5 Å². The number of rotatable bonds is 4. The minimum atomic E-state index is 0.0180. The molecule has 0 unspecified atom stereocenters. The Labute approximate surface area is 162 Å². The molecular formula is C20H22BrClN2O. The summed E-state index contributed by atoms with van der Waals surface area (Å²) in [5.74, 6) is 0.837. The predicted octanol–water partition coefficient (Wildman–Crippen LogP) is 5.70. The van der Waals surface area contributed by atoms with Gasteiger partial charge in [-0.15, -0.1) is 0 Å². The highest BCUT2D eigenvalue weighted by atomic mass is 79.9. The highest BCUT2D eigenvalue weighted by molar-refractivity contribution is 9.10. The summed E-state index contributed by atoms with van der Waals surface area (Å²) >= 11 is 9.52. The lowest BCUT2D eigenvalue weighted by Gasteiger charge is -2.31. The molecule has 1 aliphatic heterocycles. The Morgan fingerprint density at radius 1 is 1.24 bits per heavy atom. The van der Waals surface area contributed by atoms with Crippen molar-refractivity contribution in [2.24, 2.45) is 10.9 Å². The molecule has 0 fully saturated rings. The Morgan fingerprint density at radius 3 is 2.64 bits per heavy atom. The second kappa shape index (κ2) is 7.90. The number of aliphatic imine (C=N–C) groups is 1. The molecule has 0 aromatic heterocycles. The van der Waals surface area contributed by atoms with E-state index in [1.165, 1.54) is 0 Å². The maximum absolute atomic E-state index is 10.3. The molecule has 1 aliphatic rings. The number of phenols is 1. The molecule has 2 N–H and O–H groups in total. The fourth-order valence-electron chi connectivity index (χ4n) is 3.17. The number of hydrogen-bond acceptors (Lipinski definition) is 3. The highest BCUT2D eigenvalue weighted by Crippen LogP contribution is 2.33. The maximum Gasteiger partial charge on any atom is 0.120 e. The molecule has 0 bridgehead atoms. The third kappa shape index (κ3) is 4.63. The zero-order valence-electron chi connectivity index (χ0n) is 14.3. The molecule has 0 aliphatic carbocycles. The second-order valence-electron chi connectivity index (χ2n) is 6.85. The van der Waals surface area contributed by atoms with Gasteiger partial charge in [0.05, 0.1) is 0 Å². The van der Waals surface area contributed by atoms with Gasteiger partial charge >= 0.3 is 0 Å². The second-order valence-corrected chi connectivity index (χ2v) is 8.21. The molecule has 0 amide bonds. The Morgan fingerprint density at radius 2 is 1.96 bits per heavy atom. The summed E-state index contributed by atoms with van der Waals surface area (Å²) in [4.78, 5) is 4.92. The summed E-state index contributed by atoms with van der Waals surface area (Å²) in [5.41, 5.74) is 3.02. The van der Waals surface area contributed by atoms with E-state index in [0.29, 0.717) is 11.7 Å². The van der Waals surface area contributed by atoms with Gasteiger partial charge in [-0.3, -0.25) is 10.3 Å². The molecule has 1 heterocycles. The number of halogens is 2. The Bertz CT molecular complexity index is 774. The highest BCUT2D eigenvalue weighted by Gasteiger charge is 2.27. The first-order chi connectivity index (χ1) is 11.9. The number of nitrogens with zero attached hydrogens (tertiary/aromatic N) is 1. The van der Waals surface area contributed by atoms with Crippen LogP contribution in [0.25, 0.3) is 0 Å². The van der Waals surface area contributed by atoms with Crippen LogP contribution in [0.15, 0.2) is 51.9 Å². The van der Waals surface area contributed by atoms with E-state index < -0.39 is 0 Å². The lowest BCUT2D eigenvalue weighted by molar-refractivity contribution is 0.363. The smallest absolute Gasteiger partial charge is 0.120 e. The lowest BCUT2D eigenvalue weighted by atomic mass is 9.93. The van der Waals surface area contributed by atoms with Gasteiger partial charge in [-0.25, -0.2) is 0 Å². The Balaban J connectivity index is 1.95. The van der Waals surface area contributed by atoms with Gasteiger partial charge in [-0.1, -0.05) is 53.5 Å². The topological polar surface area (TPSA) is 44.6 Å². The molecule has 0 radical (unpaired) electrons. The van der Waals surface area contributed by atoms with Crippen molar-refractivity contribution in [2.75, 3.05) is 0 Å². The number of aromatic hydroxyl groups is 1. The number of hydrogen-bond donors (Lipinski definition) is 2. The predicted molar refractivity (Wildman–Crippen MR) is 108 cm³/mol. The Kier molecular flexibility index (Phi) is 5.82. The van der Waals surface area contributed by atoms with Crippen LogP contribution in [0.2, 0.25) is 5.02 Å². The van der Waals surface area contributed by atoms with E-state index in [2.05, 4.69) is 35.1 Å². The van der Waals surface area contributed by atoms with Crippen LogP contribution in [-0.2, 0) is 0 Å². The van der Waals surface area contributed by atoms with Crippen molar-refractivity contribution in [3.8, 4) is 5.75 Å². The first kappa shape index (κ1) is 18.4. The van der Waals surface area contributed by atoms with Crippen molar-refractivity contribution < 1.29 is 5.11 Å². The molecule has 2 atom stereocenters. The lowest BCUT2D eigenvalue weighted by Crippen LogP contribution is -2.39. The molecule has 25 heavy (non-hydrogen) atoms. The van der Waals surface area contributed by atoms with Gasteiger partial charge in [0.1, 0.15) is 11.9 Å². The summed E-state index contributed by atoms with van der Waals surface area (Å²) in [5, 5.41) is 14.6. The summed E-state index contributed by atoms with van der Waals surface area (Å²) in [6.07, 6.45) is 1.70. The largest absolute Gasteiger partial charge is 0.508 e. The molecule has 3 nitrogen and oxygen atoms in total. The summed E-state index contributed by atoms with van der Waals surface area (Å²) in [7, 11) is 0. The van der Waals surface area contributed by atoms with E-state index in [4.69, 9.17) is 16.6 Å². The van der Waals surface area contributed by atoms with Crippen LogP contribution in [0, 0.1) is 5.92 Å². The fraction of sp³-hybridized carbons (Fsp3) is 0.350. The first-order valence-corrected chi connectivity index (χ1v) is 9.66. The van der Waals surface area contributed by atoms with Gasteiger partial charge in [0.2, 0.25) is 0 Å². The van der Waals surface area contributed by atoms with Gasteiger partial charge in [0.25, 0.3) is 0 Å². The van der Waals surface area contributed by atoms with Crippen LogP contribution in [0.3, 0.4) is 0 Å². The number of benzene rings is 2. The van der Waals surface area contributed by atoms with Crippen LogP contribution in [0.4, 0.5) is 0 Å². The van der Waals surface area contributed by atoms with Crippen LogP contribution in [-0.4, -0.2) is 17.0 Å². The summed E-state index contributed by atoms with van der Waals surface area (Å²) in [6, 6.07) is 13.4. The number of phenolic OH excluding ortho intramolecular Hbond substituents is 1. The minimum absolute atomic E-state index is 0.0180. The average Bonchev–Trinajstić information content (AvgIpc) is 2.57. The zero-order chi connectivity index (χ0) is 18.0. The van der Waals surface area contributed by atoms with E-state index in [1.54, 1.807) is 6.07 Å². The quantitative estimate of drug-likeness (QED) is 0.664. The van der Waals surface area contributed by atoms with E-state index >= 15 is 0 Å². The standard InChI is InChI=1S/C20H22BrClN2O/c1-12(2)9-20-23-17(13-3-6-15(22)7-4-13)11-18(24-20)16-10-14(21)5-8-19(16)25/h3-8,10,12,18,20,24-25H,9,11H2,1-2H3/t18-,20-/m0/s1. The van der Waals surface area contributed by atoms with Crippen molar-refractivity contribution in [3.05, 3.63) is 63.1 Å². The van der Waals surface area contributed by atoms with Gasteiger partial charge in [0, 0.05) is 33.2 Å². The first-order valence-electron chi connectivity index (χ1n) is 8.49. The van der Waals surface area contributed by atoms with E-state index in [1.807, 2.05) is 36.4 Å². The molecule has 132 valence electrons. The number of nitrogens with one attached hydrogen (secondary N) is 1. The monoisotopic (exact) mass is 420 g/mol. The van der Waals surface area contributed by atoms with Crippen LogP contribution < -0.4 is 5.32 Å². The minimum Gasteiger partial charge on any atom is -0.508 e. The van der Waals surface area contributed by atoms with Gasteiger partial charge in [0.15, 0.2) is 0 Å². The van der Waals surface area contributed by atoms with Gasteiger partial charge in [-0.05, 0) is 48.2 Å². The third-order valence-electron chi connectivity index (χ3n) is 4.34. The summed E-state index contributed by atoms with van der Waals surface area (Å²) < 4.78 is 0.957.